The fourth-order valence-electron chi connectivity index (χ4n) is 2.23. The first-order chi connectivity index (χ1) is 9.97. The first-order valence-electron chi connectivity index (χ1n) is 6.38. The van der Waals surface area contributed by atoms with Gasteiger partial charge in [0.1, 0.15) is 0 Å². The predicted octanol–water partition coefficient (Wildman–Crippen LogP) is 3.32. The Morgan fingerprint density at radius 2 is 1.81 bits per heavy atom. The van der Waals surface area contributed by atoms with E-state index >= 15 is 0 Å². The molecule has 0 spiro atoms. The van der Waals surface area contributed by atoms with Gasteiger partial charge in [0.05, 0.1) is 5.52 Å². The molecule has 5 heteroatoms. The van der Waals surface area contributed by atoms with Gasteiger partial charge in [-0.3, -0.25) is 9.36 Å². The van der Waals surface area contributed by atoms with Crippen molar-refractivity contribution in [2.75, 3.05) is 0 Å². The summed E-state index contributed by atoms with van der Waals surface area (Å²) in [5.74, 6) is -0.583. The molecular weight excluding hydrogens is 290 g/mol. The molecule has 1 heterocycles. The summed E-state index contributed by atoms with van der Waals surface area (Å²) < 4.78 is 6.50. The smallest absolute Gasteiger partial charge is 0.408 e. The number of carbonyl (C=O) groups excluding carboxylic acids is 1. The van der Waals surface area contributed by atoms with Crippen LogP contribution in [0.15, 0.2) is 45.6 Å². The van der Waals surface area contributed by atoms with Gasteiger partial charge in [0, 0.05) is 23.2 Å². The van der Waals surface area contributed by atoms with E-state index in [4.69, 9.17) is 16.0 Å². The Bertz CT molecular complexity index is 921. The molecule has 0 aliphatic carbocycles. The number of carbonyl (C=O) groups is 1. The van der Waals surface area contributed by atoms with E-state index < -0.39 is 5.76 Å². The highest BCUT2D eigenvalue weighted by molar-refractivity contribution is 6.31. The minimum atomic E-state index is -0.447. The van der Waals surface area contributed by atoms with Crippen LogP contribution in [0.25, 0.3) is 11.1 Å². The topological polar surface area (TPSA) is 52.2 Å². The van der Waals surface area contributed by atoms with Gasteiger partial charge in [-0.1, -0.05) is 11.6 Å². The Morgan fingerprint density at radius 3 is 2.52 bits per heavy atom. The number of fused-ring (bicyclic) bond motifs is 1. The summed E-state index contributed by atoms with van der Waals surface area (Å²) in [5, 5.41) is 0.621. The molecule has 0 bridgehead atoms. The third kappa shape index (κ3) is 2.28. The van der Waals surface area contributed by atoms with Crippen molar-refractivity contribution in [3.63, 3.8) is 0 Å². The van der Waals surface area contributed by atoms with Crippen molar-refractivity contribution in [3.05, 3.63) is 68.7 Å². The van der Waals surface area contributed by atoms with Crippen molar-refractivity contribution in [2.24, 2.45) is 7.05 Å². The monoisotopic (exact) mass is 301 g/mol. The molecule has 21 heavy (non-hydrogen) atoms. The average molecular weight is 302 g/mol. The highest BCUT2D eigenvalue weighted by Gasteiger charge is 2.13. The van der Waals surface area contributed by atoms with E-state index in [1.54, 1.807) is 43.4 Å². The number of hydrogen-bond acceptors (Lipinski definition) is 3. The second-order valence-electron chi connectivity index (χ2n) is 4.90. The number of halogens is 1. The lowest BCUT2D eigenvalue weighted by molar-refractivity contribution is 0.103. The van der Waals surface area contributed by atoms with Gasteiger partial charge in [-0.25, -0.2) is 4.79 Å². The van der Waals surface area contributed by atoms with Crippen molar-refractivity contribution >= 4 is 28.5 Å². The van der Waals surface area contributed by atoms with Crippen LogP contribution in [-0.2, 0) is 7.05 Å². The van der Waals surface area contributed by atoms with Crippen molar-refractivity contribution in [3.8, 4) is 0 Å². The van der Waals surface area contributed by atoms with Crippen molar-refractivity contribution < 1.29 is 9.21 Å². The van der Waals surface area contributed by atoms with Gasteiger partial charge in [-0.05, 0) is 48.9 Å². The van der Waals surface area contributed by atoms with E-state index in [0.717, 1.165) is 5.56 Å². The highest BCUT2D eigenvalue weighted by atomic mass is 35.5. The summed E-state index contributed by atoms with van der Waals surface area (Å²) in [7, 11) is 1.62. The molecule has 0 unspecified atom stereocenters. The lowest BCUT2D eigenvalue weighted by Crippen LogP contribution is -2.08. The molecule has 0 aliphatic rings. The number of aromatic nitrogens is 1. The van der Waals surface area contributed by atoms with Crippen LogP contribution in [0.5, 0.6) is 0 Å². The molecule has 0 saturated carbocycles. The number of oxazole rings is 1. The molecule has 0 saturated heterocycles. The first-order valence-corrected chi connectivity index (χ1v) is 6.75. The lowest BCUT2D eigenvalue weighted by atomic mass is 10.0. The Balaban J connectivity index is 2.09. The average Bonchev–Trinajstić information content (AvgIpc) is 2.76. The van der Waals surface area contributed by atoms with Crippen LogP contribution in [0, 0.1) is 6.92 Å². The van der Waals surface area contributed by atoms with E-state index in [2.05, 4.69) is 0 Å². The molecule has 0 atom stereocenters. The largest absolute Gasteiger partial charge is 0.419 e. The highest BCUT2D eigenvalue weighted by Crippen LogP contribution is 2.20. The second kappa shape index (κ2) is 4.90. The van der Waals surface area contributed by atoms with Crippen LogP contribution in [0.3, 0.4) is 0 Å². The van der Waals surface area contributed by atoms with E-state index in [9.17, 15) is 9.59 Å². The molecule has 3 aromatic rings. The van der Waals surface area contributed by atoms with E-state index in [-0.39, 0.29) is 5.78 Å². The summed E-state index contributed by atoms with van der Waals surface area (Å²) in [6.45, 7) is 1.85. The van der Waals surface area contributed by atoms with Gasteiger partial charge in [-0.2, -0.15) is 0 Å². The van der Waals surface area contributed by atoms with Crippen LogP contribution in [0.4, 0.5) is 0 Å². The number of hydrogen-bond donors (Lipinski definition) is 0. The van der Waals surface area contributed by atoms with Gasteiger partial charge in [0.2, 0.25) is 0 Å². The SMILES string of the molecule is Cc1cc(C(=O)c2ccc3c(c2)oc(=O)n3C)ccc1Cl. The molecule has 0 amide bonds. The predicted molar refractivity (Wildman–Crippen MR) is 81.1 cm³/mol. The number of rotatable bonds is 2. The quantitative estimate of drug-likeness (QED) is 0.682. The maximum atomic E-state index is 12.5. The zero-order valence-corrected chi connectivity index (χ0v) is 12.3. The molecule has 0 aliphatic heterocycles. The van der Waals surface area contributed by atoms with Crippen LogP contribution in [-0.4, -0.2) is 10.4 Å². The summed E-state index contributed by atoms with van der Waals surface area (Å²) in [6, 6.07) is 10.1. The maximum Gasteiger partial charge on any atom is 0.419 e. The number of nitrogens with zero attached hydrogens (tertiary/aromatic N) is 1. The Morgan fingerprint density at radius 1 is 1.14 bits per heavy atom. The summed E-state index contributed by atoms with van der Waals surface area (Å²) >= 11 is 5.97. The van der Waals surface area contributed by atoms with Crippen LogP contribution in [0.2, 0.25) is 5.02 Å². The van der Waals surface area contributed by atoms with E-state index in [0.29, 0.717) is 27.2 Å². The first kappa shape index (κ1) is 13.6. The van der Waals surface area contributed by atoms with E-state index in [1.165, 1.54) is 4.57 Å². The zero-order valence-electron chi connectivity index (χ0n) is 11.5. The van der Waals surface area contributed by atoms with Gasteiger partial charge in [-0.15, -0.1) is 0 Å². The molecule has 2 aromatic carbocycles. The molecule has 3 rings (SSSR count). The molecule has 0 fully saturated rings. The number of benzene rings is 2. The minimum absolute atomic E-state index is 0.136. The normalized spacial score (nSPS) is 11.0. The third-order valence-corrected chi connectivity index (χ3v) is 3.90. The molecular formula is C16H12ClNO3. The number of ketones is 1. The fraction of sp³-hybridized carbons (Fsp3) is 0.125. The van der Waals surface area contributed by atoms with Gasteiger partial charge in [0.15, 0.2) is 11.4 Å². The van der Waals surface area contributed by atoms with Crippen molar-refractivity contribution in [2.45, 2.75) is 6.92 Å². The van der Waals surface area contributed by atoms with Gasteiger partial charge < -0.3 is 4.42 Å². The van der Waals surface area contributed by atoms with Gasteiger partial charge >= 0.3 is 5.76 Å². The van der Waals surface area contributed by atoms with Crippen LogP contribution >= 0.6 is 11.6 Å². The van der Waals surface area contributed by atoms with E-state index in [1.807, 2.05) is 6.92 Å². The third-order valence-electron chi connectivity index (χ3n) is 3.47. The van der Waals surface area contributed by atoms with Crippen LogP contribution < -0.4 is 5.76 Å². The summed E-state index contributed by atoms with van der Waals surface area (Å²) in [4.78, 5) is 23.9. The molecule has 106 valence electrons. The molecule has 4 nitrogen and oxygen atoms in total. The summed E-state index contributed by atoms with van der Waals surface area (Å²) in [6.07, 6.45) is 0. The minimum Gasteiger partial charge on any atom is -0.408 e. The van der Waals surface area contributed by atoms with Crippen molar-refractivity contribution in [1.29, 1.82) is 0 Å². The van der Waals surface area contributed by atoms with Crippen molar-refractivity contribution in [1.82, 2.24) is 4.57 Å². The molecule has 0 radical (unpaired) electrons. The molecule has 1 aromatic heterocycles. The zero-order chi connectivity index (χ0) is 15.1. The maximum absolute atomic E-state index is 12.5. The number of aryl methyl sites for hydroxylation is 2. The van der Waals surface area contributed by atoms with Gasteiger partial charge in [0.25, 0.3) is 0 Å². The fourth-order valence-corrected chi connectivity index (χ4v) is 2.35. The Hall–Kier alpha value is -2.33. The Labute approximate surface area is 125 Å². The second-order valence-corrected chi connectivity index (χ2v) is 5.31. The summed E-state index contributed by atoms with van der Waals surface area (Å²) in [5.41, 5.74) is 2.92. The molecule has 0 N–H and O–H groups in total. The lowest BCUT2D eigenvalue weighted by Gasteiger charge is -2.04. The van der Waals surface area contributed by atoms with Crippen LogP contribution in [0.1, 0.15) is 21.5 Å². The standard InChI is InChI=1S/C16H12ClNO3/c1-9-7-10(3-5-12(9)17)15(19)11-4-6-13-14(8-11)21-16(20)18(13)2/h3-8H,1-2H3. The Kier molecular flexibility index (Phi) is 3.18.